The van der Waals surface area contributed by atoms with Gasteiger partial charge in [0.05, 0.1) is 34.7 Å². The number of hydrogen-bond acceptors (Lipinski definition) is 7. The zero-order chi connectivity index (χ0) is 27.0. The molecule has 0 N–H and O–H groups in total. The molecule has 0 saturated carbocycles. The van der Waals surface area contributed by atoms with Crippen LogP contribution in [-0.4, -0.2) is 64.4 Å². The summed E-state index contributed by atoms with van der Waals surface area (Å²) >= 11 is 0. The van der Waals surface area contributed by atoms with Crippen LogP contribution in [0.4, 0.5) is 5.69 Å². The number of rotatable bonds is 7. The number of hydrogen-bond donors (Lipinski definition) is 0. The Balaban J connectivity index is 1.26. The van der Waals surface area contributed by atoms with Crippen LogP contribution in [0.1, 0.15) is 12.8 Å². The lowest BCUT2D eigenvalue weighted by Gasteiger charge is -2.25. The van der Waals surface area contributed by atoms with Gasteiger partial charge in [-0.1, -0.05) is 41.6 Å². The average molecular weight is 540 g/mol. The normalized spacial score (nSPS) is 16.1. The van der Waals surface area contributed by atoms with E-state index in [2.05, 4.69) is 15.3 Å². The van der Waals surface area contributed by atoms with Crippen LogP contribution in [0.15, 0.2) is 90.1 Å². The maximum Gasteiger partial charge on any atom is 0.244 e. The molecule has 4 heterocycles. The SMILES string of the molecule is CN(C)c1cccc2c(S(=O)(=O)N3CCC[C@H]3Cn3cc(-c4cccc(-c5ccccn5)n4)nn3)cccc12. The van der Waals surface area contributed by atoms with Crippen LogP contribution < -0.4 is 4.90 Å². The molecule has 6 rings (SSSR count). The van der Waals surface area contributed by atoms with Gasteiger partial charge in [-0.25, -0.2) is 13.4 Å². The van der Waals surface area contributed by atoms with E-state index in [1.54, 1.807) is 21.3 Å². The van der Waals surface area contributed by atoms with Crippen molar-refractivity contribution >= 4 is 26.5 Å². The predicted molar refractivity (Wildman–Crippen MR) is 152 cm³/mol. The maximum absolute atomic E-state index is 14.0. The van der Waals surface area contributed by atoms with Gasteiger partial charge in [-0.05, 0) is 49.2 Å². The molecule has 0 radical (unpaired) electrons. The van der Waals surface area contributed by atoms with Crippen molar-refractivity contribution in [1.82, 2.24) is 29.3 Å². The Kier molecular flexibility index (Phi) is 6.58. The van der Waals surface area contributed by atoms with Crippen LogP contribution in [0.3, 0.4) is 0 Å². The van der Waals surface area contributed by atoms with Gasteiger partial charge >= 0.3 is 0 Å². The third kappa shape index (κ3) is 4.77. The first kappa shape index (κ1) is 25.1. The van der Waals surface area contributed by atoms with E-state index >= 15 is 0 Å². The third-order valence-corrected chi connectivity index (χ3v) is 9.14. The molecule has 9 nitrogen and oxygen atoms in total. The fourth-order valence-electron chi connectivity index (χ4n) is 5.27. The van der Waals surface area contributed by atoms with Gasteiger partial charge < -0.3 is 4.90 Å². The summed E-state index contributed by atoms with van der Waals surface area (Å²) in [6.45, 7) is 0.895. The van der Waals surface area contributed by atoms with Gasteiger partial charge in [-0.15, -0.1) is 5.10 Å². The van der Waals surface area contributed by atoms with E-state index in [9.17, 15) is 8.42 Å². The molecule has 0 amide bonds. The molecule has 1 saturated heterocycles. The highest BCUT2D eigenvalue weighted by Gasteiger charge is 2.36. The molecule has 2 aromatic carbocycles. The summed E-state index contributed by atoms with van der Waals surface area (Å²) in [5.41, 5.74) is 3.84. The highest BCUT2D eigenvalue weighted by Crippen LogP contribution is 2.34. The molecule has 1 aliphatic heterocycles. The van der Waals surface area contributed by atoms with E-state index in [-0.39, 0.29) is 6.04 Å². The molecular weight excluding hydrogens is 510 g/mol. The molecular formula is C29H29N7O2S. The molecule has 3 aromatic heterocycles. The molecule has 39 heavy (non-hydrogen) atoms. The monoisotopic (exact) mass is 539 g/mol. The van der Waals surface area contributed by atoms with Crippen molar-refractivity contribution in [3.8, 4) is 22.8 Å². The molecule has 1 fully saturated rings. The van der Waals surface area contributed by atoms with E-state index in [0.717, 1.165) is 40.7 Å². The van der Waals surface area contributed by atoms with Crippen molar-refractivity contribution in [2.75, 3.05) is 25.5 Å². The van der Waals surface area contributed by atoms with E-state index in [4.69, 9.17) is 4.98 Å². The number of pyridine rings is 2. The van der Waals surface area contributed by atoms with Gasteiger partial charge in [0.15, 0.2) is 0 Å². The van der Waals surface area contributed by atoms with Crippen molar-refractivity contribution in [2.24, 2.45) is 0 Å². The van der Waals surface area contributed by atoms with Crippen molar-refractivity contribution < 1.29 is 8.42 Å². The summed E-state index contributed by atoms with van der Waals surface area (Å²) in [5, 5.41) is 10.3. The number of fused-ring (bicyclic) bond motifs is 1. The van der Waals surface area contributed by atoms with E-state index in [0.29, 0.717) is 29.4 Å². The average Bonchev–Trinajstić information content (AvgIpc) is 3.63. The molecule has 0 aliphatic carbocycles. The van der Waals surface area contributed by atoms with E-state index < -0.39 is 10.0 Å². The predicted octanol–water partition coefficient (Wildman–Crippen LogP) is 4.47. The summed E-state index contributed by atoms with van der Waals surface area (Å²) in [5.74, 6) is 0. The largest absolute Gasteiger partial charge is 0.377 e. The number of nitrogens with zero attached hydrogens (tertiary/aromatic N) is 7. The fourth-order valence-corrected chi connectivity index (χ4v) is 7.16. The Labute approximate surface area is 227 Å². The highest BCUT2D eigenvalue weighted by molar-refractivity contribution is 7.89. The van der Waals surface area contributed by atoms with Crippen LogP contribution in [-0.2, 0) is 16.6 Å². The summed E-state index contributed by atoms with van der Waals surface area (Å²) in [4.78, 5) is 11.4. The second kappa shape index (κ2) is 10.2. The topological polar surface area (TPSA) is 97.1 Å². The van der Waals surface area contributed by atoms with Gasteiger partial charge in [0.1, 0.15) is 5.69 Å². The van der Waals surface area contributed by atoms with Gasteiger partial charge in [0.2, 0.25) is 10.0 Å². The Morgan fingerprint density at radius 3 is 2.41 bits per heavy atom. The van der Waals surface area contributed by atoms with Gasteiger partial charge in [0.25, 0.3) is 0 Å². The maximum atomic E-state index is 14.0. The van der Waals surface area contributed by atoms with Crippen LogP contribution in [0.5, 0.6) is 0 Å². The van der Waals surface area contributed by atoms with Crippen molar-refractivity contribution in [1.29, 1.82) is 0 Å². The number of sulfonamides is 1. The number of benzene rings is 2. The molecule has 0 bridgehead atoms. The quantitative estimate of drug-likeness (QED) is 0.301. The summed E-state index contributed by atoms with van der Waals surface area (Å²) in [6.07, 6.45) is 5.12. The van der Waals surface area contributed by atoms with Crippen molar-refractivity contribution in [2.45, 2.75) is 30.3 Å². The van der Waals surface area contributed by atoms with Crippen molar-refractivity contribution in [3.63, 3.8) is 0 Å². The number of anilines is 1. The first-order valence-corrected chi connectivity index (χ1v) is 14.4. The first-order chi connectivity index (χ1) is 18.9. The van der Waals surface area contributed by atoms with Crippen LogP contribution in [0.2, 0.25) is 0 Å². The lowest BCUT2D eigenvalue weighted by molar-refractivity contribution is 0.338. The fraction of sp³-hybridized carbons (Fsp3) is 0.241. The van der Waals surface area contributed by atoms with E-state index in [1.807, 2.05) is 91.9 Å². The lowest BCUT2D eigenvalue weighted by atomic mass is 10.1. The zero-order valence-electron chi connectivity index (χ0n) is 21.8. The Morgan fingerprint density at radius 2 is 1.62 bits per heavy atom. The van der Waals surface area contributed by atoms with E-state index in [1.165, 1.54) is 0 Å². The number of aromatic nitrogens is 5. The third-order valence-electron chi connectivity index (χ3n) is 7.13. The highest BCUT2D eigenvalue weighted by atomic mass is 32.2. The molecule has 10 heteroatoms. The van der Waals surface area contributed by atoms with Crippen LogP contribution in [0, 0.1) is 0 Å². The second-order valence-corrected chi connectivity index (χ2v) is 11.7. The molecule has 5 aromatic rings. The molecule has 1 atom stereocenters. The minimum absolute atomic E-state index is 0.218. The Bertz CT molecular complexity index is 1740. The second-order valence-electron chi connectivity index (χ2n) is 9.88. The van der Waals surface area contributed by atoms with Gasteiger partial charge in [-0.3, -0.25) is 9.67 Å². The summed E-state index contributed by atoms with van der Waals surface area (Å²) in [6, 6.07) is 22.5. The first-order valence-electron chi connectivity index (χ1n) is 12.9. The summed E-state index contributed by atoms with van der Waals surface area (Å²) < 4.78 is 31.3. The van der Waals surface area contributed by atoms with Crippen LogP contribution >= 0.6 is 0 Å². The molecule has 1 aliphatic rings. The smallest absolute Gasteiger partial charge is 0.244 e. The molecule has 0 unspecified atom stereocenters. The van der Waals surface area contributed by atoms with Gasteiger partial charge in [0, 0.05) is 49.3 Å². The Morgan fingerprint density at radius 1 is 0.872 bits per heavy atom. The lowest BCUT2D eigenvalue weighted by Crippen LogP contribution is -2.38. The summed E-state index contributed by atoms with van der Waals surface area (Å²) in [7, 11) is 0.198. The minimum Gasteiger partial charge on any atom is -0.377 e. The zero-order valence-corrected chi connectivity index (χ0v) is 22.7. The molecule has 0 spiro atoms. The molecule has 198 valence electrons. The van der Waals surface area contributed by atoms with Crippen LogP contribution in [0.25, 0.3) is 33.5 Å². The standard InChI is InChI=1S/C29H29N7O2S/c1-34(2)28-15-5-11-23-22(28)10-6-16-29(23)39(37,38)36-18-8-9-21(36)19-35-20-27(32-33-35)26-14-7-13-25(31-26)24-12-3-4-17-30-24/h3-7,10-17,20-21H,8-9,18-19H2,1-2H3/t21-/m0/s1. The minimum atomic E-state index is -3.72. The van der Waals surface area contributed by atoms with Gasteiger partial charge in [-0.2, -0.15) is 4.31 Å². The van der Waals surface area contributed by atoms with Crippen molar-refractivity contribution in [3.05, 3.63) is 85.2 Å². The Hall–Kier alpha value is -4.15.